The van der Waals surface area contributed by atoms with Crippen molar-refractivity contribution in [3.8, 4) is 0 Å². The van der Waals surface area contributed by atoms with Crippen molar-refractivity contribution in [2.24, 2.45) is 0 Å². The predicted octanol–water partition coefficient (Wildman–Crippen LogP) is -0.981. The number of aromatic nitrogens is 1. The Hall–Kier alpha value is -2.20. The van der Waals surface area contributed by atoms with E-state index in [4.69, 9.17) is 11.6 Å². The fourth-order valence-corrected chi connectivity index (χ4v) is 2.63. The molecular weight excluding hydrogens is 348 g/mol. The number of carbonyl (C=O) groups is 4. The first-order chi connectivity index (χ1) is 10.9. The quantitative estimate of drug-likeness (QED) is 0.340. The Kier molecular flexibility index (Phi) is 5.50. The minimum Gasteiger partial charge on any atom is -0.467 e. The maximum absolute atomic E-state index is 11.9. The first-order valence-electron chi connectivity index (χ1n) is 6.42. The molecule has 2 unspecified atom stereocenters. The Balaban J connectivity index is 1.88. The van der Waals surface area contributed by atoms with Gasteiger partial charge in [0, 0.05) is 5.38 Å². The molecular formula is C12H13ClN4O5S. The molecule has 0 aromatic carbocycles. The number of ether oxygens (including phenoxy) is 1. The highest BCUT2D eigenvalue weighted by Crippen LogP contribution is 2.16. The van der Waals surface area contributed by atoms with Crippen molar-refractivity contribution < 1.29 is 23.9 Å². The molecule has 0 aliphatic carbocycles. The van der Waals surface area contributed by atoms with Gasteiger partial charge < -0.3 is 20.7 Å². The van der Waals surface area contributed by atoms with Crippen LogP contribution in [0.15, 0.2) is 5.38 Å². The third kappa shape index (κ3) is 4.17. The van der Waals surface area contributed by atoms with Crippen molar-refractivity contribution in [2.75, 3.05) is 18.3 Å². The number of hydrogen-bond donors (Lipinski definition) is 3. The number of anilines is 1. The number of nitrogens with zero attached hydrogens (tertiary/aromatic N) is 1. The van der Waals surface area contributed by atoms with Gasteiger partial charge in [0.1, 0.15) is 11.9 Å². The van der Waals surface area contributed by atoms with Gasteiger partial charge in [0.25, 0.3) is 0 Å². The van der Waals surface area contributed by atoms with E-state index in [1.807, 2.05) is 0 Å². The first kappa shape index (κ1) is 17.2. The smallest absolute Gasteiger partial charge is 0.331 e. The zero-order valence-electron chi connectivity index (χ0n) is 11.9. The SMILES string of the molecule is COC(=O)C1NC(=O)C1NC(=O)Cc1csc(NC(=O)CCl)n1. The topological polar surface area (TPSA) is 126 Å². The van der Waals surface area contributed by atoms with Crippen molar-refractivity contribution in [3.63, 3.8) is 0 Å². The number of thiazole rings is 1. The molecule has 11 heteroatoms. The van der Waals surface area contributed by atoms with E-state index in [-0.39, 0.29) is 12.3 Å². The molecule has 2 heterocycles. The second-order valence-electron chi connectivity index (χ2n) is 4.56. The van der Waals surface area contributed by atoms with Crippen LogP contribution in [0.2, 0.25) is 0 Å². The highest BCUT2D eigenvalue weighted by atomic mass is 35.5. The van der Waals surface area contributed by atoms with Gasteiger partial charge in [-0.05, 0) is 0 Å². The molecule has 1 saturated heterocycles. The number of amides is 3. The highest BCUT2D eigenvalue weighted by Gasteiger charge is 2.45. The molecule has 1 aromatic rings. The Labute approximate surface area is 139 Å². The summed E-state index contributed by atoms with van der Waals surface area (Å²) in [5.41, 5.74) is 0.423. The predicted molar refractivity (Wildman–Crippen MR) is 81.0 cm³/mol. The third-order valence-electron chi connectivity index (χ3n) is 2.95. The van der Waals surface area contributed by atoms with Crippen LogP contribution in [0.5, 0.6) is 0 Å². The molecule has 2 rings (SSSR count). The minimum absolute atomic E-state index is 0.0923. The lowest BCUT2D eigenvalue weighted by atomic mass is 9.99. The molecule has 23 heavy (non-hydrogen) atoms. The number of rotatable bonds is 6. The lowest BCUT2D eigenvalue weighted by molar-refractivity contribution is -0.153. The van der Waals surface area contributed by atoms with Crippen molar-refractivity contribution in [1.29, 1.82) is 0 Å². The zero-order chi connectivity index (χ0) is 17.0. The second-order valence-corrected chi connectivity index (χ2v) is 5.68. The summed E-state index contributed by atoms with van der Waals surface area (Å²) in [6, 6.07) is -1.84. The molecule has 124 valence electrons. The first-order valence-corrected chi connectivity index (χ1v) is 7.83. The number of alkyl halides is 1. The number of esters is 1. The molecule has 2 atom stereocenters. The third-order valence-corrected chi connectivity index (χ3v) is 4.00. The largest absolute Gasteiger partial charge is 0.467 e. The monoisotopic (exact) mass is 360 g/mol. The van der Waals surface area contributed by atoms with Gasteiger partial charge in [-0.1, -0.05) is 0 Å². The molecule has 0 radical (unpaired) electrons. The van der Waals surface area contributed by atoms with Crippen LogP contribution in [-0.4, -0.2) is 53.7 Å². The molecule has 0 spiro atoms. The van der Waals surface area contributed by atoms with E-state index in [1.54, 1.807) is 5.38 Å². The Bertz CT molecular complexity index is 649. The van der Waals surface area contributed by atoms with Crippen molar-refractivity contribution in [3.05, 3.63) is 11.1 Å². The summed E-state index contributed by atoms with van der Waals surface area (Å²) in [6.07, 6.45) is -0.0923. The molecule has 0 saturated carbocycles. The Morgan fingerprint density at radius 2 is 2.17 bits per heavy atom. The lowest BCUT2D eigenvalue weighted by Crippen LogP contribution is -2.72. The summed E-state index contributed by atoms with van der Waals surface area (Å²) in [5, 5.41) is 9.18. The summed E-state index contributed by atoms with van der Waals surface area (Å²) in [5.74, 6) is -2.15. The van der Waals surface area contributed by atoms with Crippen LogP contribution < -0.4 is 16.0 Å². The summed E-state index contributed by atoms with van der Waals surface area (Å²) in [4.78, 5) is 49.9. The summed E-state index contributed by atoms with van der Waals surface area (Å²) < 4.78 is 4.52. The number of halogens is 1. The van der Waals surface area contributed by atoms with Gasteiger partial charge in [0.05, 0.1) is 19.2 Å². The number of β-lactam (4-membered cyclic amide) rings is 1. The normalized spacial score (nSPS) is 19.3. The van der Waals surface area contributed by atoms with Crippen molar-refractivity contribution in [1.82, 2.24) is 15.6 Å². The molecule has 3 N–H and O–H groups in total. The number of hydrogen-bond acceptors (Lipinski definition) is 7. The maximum atomic E-state index is 11.9. The van der Waals surface area contributed by atoms with E-state index in [9.17, 15) is 19.2 Å². The molecule has 0 bridgehead atoms. The summed E-state index contributed by atoms with van der Waals surface area (Å²) in [7, 11) is 1.19. The van der Waals surface area contributed by atoms with Gasteiger partial charge in [-0.2, -0.15) is 0 Å². The van der Waals surface area contributed by atoms with Crippen LogP contribution in [0, 0.1) is 0 Å². The van der Waals surface area contributed by atoms with Gasteiger partial charge in [-0.3, -0.25) is 14.4 Å². The Morgan fingerprint density at radius 3 is 2.78 bits per heavy atom. The number of nitrogens with one attached hydrogen (secondary N) is 3. The second kappa shape index (κ2) is 7.38. The van der Waals surface area contributed by atoms with Gasteiger partial charge in [-0.15, -0.1) is 22.9 Å². The lowest BCUT2D eigenvalue weighted by Gasteiger charge is -2.34. The van der Waals surface area contributed by atoms with Crippen molar-refractivity contribution in [2.45, 2.75) is 18.5 Å². The molecule has 9 nitrogen and oxygen atoms in total. The van der Waals surface area contributed by atoms with Crippen LogP contribution in [0.4, 0.5) is 5.13 Å². The van der Waals surface area contributed by atoms with E-state index in [1.165, 1.54) is 7.11 Å². The number of carbonyl (C=O) groups excluding carboxylic acids is 4. The zero-order valence-corrected chi connectivity index (χ0v) is 13.5. The maximum Gasteiger partial charge on any atom is 0.331 e. The van der Waals surface area contributed by atoms with E-state index in [0.717, 1.165) is 11.3 Å². The molecule has 1 fully saturated rings. The fourth-order valence-electron chi connectivity index (χ4n) is 1.84. The van der Waals surface area contributed by atoms with Gasteiger partial charge >= 0.3 is 5.97 Å². The standard InChI is InChI=1S/C12H13ClN4O5S/c1-22-11(21)9-8(10(20)17-9)15-6(18)2-5-4-23-12(14-5)16-7(19)3-13/h4,8-9H,2-3H2,1H3,(H,15,18)(H,17,20)(H,14,16,19). The molecule has 1 aliphatic rings. The molecule has 3 amide bonds. The van der Waals surface area contributed by atoms with Crippen LogP contribution in [0.1, 0.15) is 5.69 Å². The van der Waals surface area contributed by atoms with E-state index >= 15 is 0 Å². The summed E-state index contributed by atoms with van der Waals surface area (Å²) >= 11 is 6.51. The van der Waals surface area contributed by atoms with E-state index in [0.29, 0.717) is 10.8 Å². The van der Waals surface area contributed by atoms with Crippen LogP contribution >= 0.6 is 22.9 Å². The van der Waals surface area contributed by atoms with E-state index < -0.39 is 35.8 Å². The fraction of sp³-hybridized carbons (Fsp3) is 0.417. The Morgan fingerprint density at radius 1 is 1.43 bits per heavy atom. The average molecular weight is 361 g/mol. The number of methoxy groups -OCH3 is 1. The van der Waals surface area contributed by atoms with Crippen LogP contribution in [0.25, 0.3) is 0 Å². The van der Waals surface area contributed by atoms with E-state index in [2.05, 4.69) is 25.7 Å². The van der Waals surface area contributed by atoms with Crippen molar-refractivity contribution >= 4 is 51.8 Å². The highest BCUT2D eigenvalue weighted by molar-refractivity contribution is 7.14. The van der Waals surface area contributed by atoms with Gasteiger partial charge in [0.2, 0.25) is 17.7 Å². The van der Waals surface area contributed by atoms with Gasteiger partial charge in [0.15, 0.2) is 11.2 Å². The molecule has 1 aliphatic heterocycles. The van der Waals surface area contributed by atoms with Crippen LogP contribution in [0.3, 0.4) is 0 Å². The molecule has 1 aromatic heterocycles. The van der Waals surface area contributed by atoms with Crippen LogP contribution in [-0.2, 0) is 30.3 Å². The minimum atomic E-state index is -0.955. The average Bonchev–Trinajstić information content (AvgIpc) is 2.96. The van der Waals surface area contributed by atoms with Gasteiger partial charge in [-0.25, -0.2) is 9.78 Å². The summed E-state index contributed by atoms with van der Waals surface area (Å²) in [6.45, 7) is 0.